The molecule has 0 aliphatic carbocycles. The summed E-state index contributed by atoms with van der Waals surface area (Å²) in [6.07, 6.45) is 3.37. The highest BCUT2D eigenvalue weighted by atomic mass is 79.9. The van der Waals surface area contributed by atoms with Crippen molar-refractivity contribution in [2.45, 2.75) is 13.0 Å². The van der Waals surface area contributed by atoms with E-state index in [1.54, 1.807) is 30.6 Å². The van der Waals surface area contributed by atoms with E-state index in [1.165, 1.54) is 6.07 Å². The topological polar surface area (TPSA) is 42.0 Å². The van der Waals surface area contributed by atoms with E-state index in [9.17, 15) is 9.18 Å². The van der Waals surface area contributed by atoms with Crippen molar-refractivity contribution in [3.05, 3.63) is 64.1 Å². The van der Waals surface area contributed by atoms with Crippen LogP contribution in [0.25, 0.3) is 0 Å². The van der Waals surface area contributed by atoms with Crippen molar-refractivity contribution in [1.29, 1.82) is 0 Å². The second kappa shape index (κ2) is 6.43. The maximum absolute atomic E-state index is 13.5. The van der Waals surface area contributed by atoms with Crippen molar-refractivity contribution in [2.75, 3.05) is 0 Å². The molecule has 2 aromatic rings. The highest BCUT2D eigenvalue weighted by molar-refractivity contribution is 9.10. The summed E-state index contributed by atoms with van der Waals surface area (Å²) in [5.74, 6) is -0.597. The summed E-state index contributed by atoms with van der Waals surface area (Å²) in [4.78, 5) is 15.7. The second-order valence-corrected chi connectivity index (χ2v) is 4.97. The molecule has 2 rings (SSSR count). The Morgan fingerprint density at radius 2 is 2.21 bits per heavy atom. The van der Waals surface area contributed by atoms with Gasteiger partial charge in [0.1, 0.15) is 5.82 Å². The molecule has 0 saturated carbocycles. The lowest BCUT2D eigenvalue weighted by molar-refractivity contribution is -0.120. The van der Waals surface area contributed by atoms with Crippen LogP contribution < -0.4 is 5.32 Å². The lowest BCUT2D eigenvalue weighted by atomic mass is 10.1. The predicted octanol–water partition coefficient (Wildman–Crippen LogP) is 2.84. The number of hydrogen-bond acceptors (Lipinski definition) is 2. The Hall–Kier alpha value is -1.75. The number of nitrogens with one attached hydrogen (secondary N) is 1. The van der Waals surface area contributed by atoms with Crippen molar-refractivity contribution < 1.29 is 9.18 Å². The van der Waals surface area contributed by atoms with E-state index in [2.05, 4.69) is 26.2 Å². The zero-order chi connectivity index (χ0) is 13.7. The van der Waals surface area contributed by atoms with Crippen LogP contribution in [0.15, 0.2) is 47.2 Å². The summed E-state index contributed by atoms with van der Waals surface area (Å²) in [5, 5.41) is 2.73. The summed E-state index contributed by atoms with van der Waals surface area (Å²) >= 11 is 3.26. The van der Waals surface area contributed by atoms with Crippen molar-refractivity contribution in [1.82, 2.24) is 10.3 Å². The Labute approximate surface area is 119 Å². The summed E-state index contributed by atoms with van der Waals surface area (Å²) in [5.41, 5.74) is 1.28. The van der Waals surface area contributed by atoms with Crippen LogP contribution in [0.4, 0.5) is 4.39 Å². The zero-order valence-electron chi connectivity index (χ0n) is 10.1. The number of benzene rings is 1. The fourth-order valence-corrected chi connectivity index (χ4v) is 2.03. The standard InChI is InChI=1S/C14H12BrFN2O/c15-12-3-4-13(16)11(6-12)7-14(19)18-9-10-2-1-5-17-8-10/h1-6,8H,7,9H2,(H,18,19). The number of pyridine rings is 1. The van der Waals surface area contributed by atoms with Gasteiger partial charge in [-0.2, -0.15) is 0 Å². The minimum Gasteiger partial charge on any atom is -0.352 e. The van der Waals surface area contributed by atoms with E-state index in [-0.39, 0.29) is 18.1 Å². The monoisotopic (exact) mass is 322 g/mol. The average Bonchev–Trinajstić information content (AvgIpc) is 2.42. The summed E-state index contributed by atoms with van der Waals surface area (Å²) in [7, 11) is 0. The van der Waals surface area contributed by atoms with E-state index in [0.717, 1.165) is 10.0 Å². The molecule has 1 amide bonds. The summed E-state index contributed by atoms with van der Waals surface area (Å²) < 4.78 is 14.2. The highest BCUT2D eigenvalue weighted by Crippen LogP contribution is 2.15. The number of rotatable bonds is 4. The molecule has 0 spiro atoms. The van der Waals surface area contributed by atoms with Gasteiger partial charge in [0.05, 0.1) is 6.42 Å². The molecule has 0 aliphatic rings. The number of nitrogens with zero attached hydrogens (tertiary/aromatic N) is 1. The molecule has 0 bridgehead atoms. The first-order chi connectivity index (χ1) is 9.15. The van der Waals surface area contributed by atoms with Gasteiger partial charge in [0.15, 0.2) is 0 Å². The molecule has 5 heteroatoms. The summed E-state index contributed by atoms with van der Waals surface area (Å²) in [6.45, 7) is 0.391. The number of hydrogen-bond donors (Lipinski definition) is 1. The van der Waals surface area contributed by atoms with Crippen molar-refractivity contribution in [3.8, 4) is 0 Å². The number of amides is 1. The summed E-state index contributed by atoms with van der Waals surface area (Å²) in [6, 6.07) is 8.22. The van der Waals surface area contributed by atoms with E-state index in [1.807, 2.05) is 6.07 Å². The minimum absolute atomic E-state index is 0.0194. The molecule has 1 heterocycles. The van der Waals surface area contributed by atoms with Gasteiger partial charge >= 0.3 is 0 Å². The van der Waals surface area contributed by atoms with Crippen LogP contribution in [0.2, 0.25) is 0 Å². The van der Waals surface area contributed by atoms with Gasteiger partial charge in [0.2, 0.25) is 5.91 Å². The Balaban J connectivity index is 1.93. The molecule has 19 heavy (non-hydrogen) atoms. The molecule has 0 atom stereocenters. The van der Waals surface area contributed by atoms with Gasteiger partial charge in [-0.15, -0.1) is 0 Å². The molecule has 98 valence electrons. The largest absolute Gasteiger partial charge is 0.352 e. The van der Waals surface area contributed by atoms with Crippen molar-refractivity contribution in [3.63, 3.8) is 0 Å². The van der Waals surface area contributed by atoms with E-state index >= 15 is 0 Å². The normalized spacial score (nSPS) is 10.2. The first-order valence-corrected chi connectivity index (χ1v) is 6.54. The van der Waals surface area contributed by atoms with Gasteiger partial charge in [0, 0.05) is 23.4 Å². The molecular formula is C14H12BrFN2O. The molecule has 1 aromatic carbocycles. The van der Waals surface area contributed by atoms with E-state index in [4.69, 9.17) is 0 Å². The van der Waals surface area contributed by atoms with Gasteiger partial charge in [-0.25, -0.2) is 4.39 Å². The Morgan fingerprint density at radius 1 is 1.37 bits per heavy atom. The number of halogens is 2. The molecule has 0 saturated heterocycles. The fraction of sp³-hybridized carbons (Fsp3) is 0.143. The van der Waals surface area contributed by atoms with Crippen LogP contribution in [0.3, 0.4) is 0 Å². The van der Waals surface area contributed by atoms with Gasteiger partial charge in [-0.1, -0.05) is 22.0 Å². The van der Waals surface area contributed by atoms with E-state index in [0.29, 0.717) is 12.1 Å². The quantitative estimate of drug-likeness (QED) is 0.940. The molecule has 1 N–H and O–H groups in total. The van der Waals surface area contributed by atoms with Crippen LogP contribution in [-0.4, -0.2) is 10.9 Å². The number of carbonyl (C=O) groups is 1. The van der Waals surface area contributed by atoms with Crippen LogP contribution in [-0.2, 0) is 17.8 Å². The van der Waals surface area contributed by atoms with Crippen LogP contribution >= 0.6 is 15.9 Å². The molecule has 0 radical (unpaired) electrons. The zero-order valence-corrected chi connectivity index (χ0v) is 11.7. The molecule has 1 aromatic heterocycles. The lowest BCUT2D eigenvalue weighted by Crippen LogP contribution is -2.25. The third kappa shape index (κ3) is 4.13. The van der Waals surface area contributed by atoms with Crippen LogP contribution in [0.5, 0.6) is 0 Å². The molecular weight excluding hydrogens is 311 g/mol. The third-order valence-electron chi connectivity index (χ3n) is 2.57. The Morgan fingerprint density at radius 3 is 2.95 bits per heavy atom. The Kier molecular flexibility index (Phi) is 4.63. The average molecular weight is 323 g/mol. The van der Waals surface area contributed by atoms with Gasteiger partial charge < -0.3 is 5.32 Å². The van der Waals surface area contributed by atoms with Crippen molar-refractivity contribution >= 4 is 21.8 Å². The van der Waals surface area contributed by atoms with Crippen LogP contribution in [0, 0.1) is 5.82 Å². The van der Waals surface area contributed by atoms with Crippen molar-refractivity contribution in [2.24, 2.45) is 0 Å². The lowest BCUT2D eigenvalue weighted by Gasteiger charge is -2.06. The van der Waals surface area contributed by atoms with Gasteiger partial charge in [-0.05, 0) is 35.4 Å². The fourth-order valence-electron chi connectivity index (χ4n) is 1.62. The number of carbonyl (C=O) groups excluding carboxylic acids is 1. The molecule has 0 fully saturated rings. The third-order valence-corrected chi connectivity index (χ3v) is 3.06. The predicted molar refractivity (Wildman–Crippen MR) is 73.9 cm³/mol. The first-order valence-electron chi connectivity index (χ1n) is 5.74. The molecule has 0 aliphatic heterocycles. The minimum atomic E-state index is -0.375. The SMILES string of the molecule is O=C(Cc1cc(Br)ccc1F)NCc1cccnc1. The second-order valence-electron chi connectivity index (χ2n) is 4.05. The van der Waals surface area contributed by atoms with Gasteiger partial charge in [0.25, 0.3) is 0 Å². The smallest absolute Gasteiger partial charge is 0.224 e. The van der Waals surface area contributed by atoms with E-state index < -0.39 is 0 Å². The number of aromatic nitrogens is 1. The maximum Gasteiger partial charge on any atom is 0.224 e. The molecule has 0 unspecified atom stereocenters. The first kappa shape index (κ1) is 13.7. The maximum atomic E-state index is 13.5. The van der Waals surface area contributed by atoms with Crippen LogP contribution in [0.1, 0.15) is 11.1 Å². The molecule has 3 nitrogen and oxygen atoms in total. The van der Waals surface area contributed by atoms with Gasteiger partial charge in [-0.3, -0.25) is 9.78 Å². The Bertz CT molecular complexity index is 575. The highest BCUT2D eigenvalue weighted by Gasteiger charge is 2.08.